The van der Waals surface area contributed by atoms with Crippen LogP contribution in [-0.2, 0) is 4.79 Å². The van der Waals surface area contributed by atoms with E-state index in [1.807, 2.05) is 6.07 Å². The van der Waals surface area contributed by atoms with Crippen molar-refractivity contribution in [3.05, 3.63) is 59.1 Å². The van der Waals surface area contributed by atoms with Gasteiger partial charge in [0.2, 0.25) is 0 Å². The molecule has 5 nitrogen and oxygen atoms in total. The number of rotatable bonds is 5. The van der Waals surface area contributed by atoms with Crippen LogP contribution in [0.5, 0.6) is 5.75 Å². The van der Waals surface area contributed by atoms with Gasteiger partial charge in [-0.3, -0.25) is 4.79 Å². The number of carbonyl (C=O) groups is 1. The Morgan fingerprint density at radius 2 is 2.05 bits per heavy atom. The Kier molecular flexibility index (Phi) is 5.17. The first kappa shape index (κ1) is 14.9. The van der Waals surface area contributed by atoms with Crippen LogP contribution in [-0.4, -0.2) is 23.8 Å². The maximum Gasteiger partial charge on any atom is 0.259 e. The molecule has 0 heterocycles. The van der Waals surface area contributed by atoms with Crippen LogP contribution < -0.4 is 10.7 Å². The second-order valence-corrected chi connectivity index (χ2v) is 4.69. The fourth-order valence-corrected chi connectivity index (χ4v) is 1.79. The van der Waals surface area contributed by atoms with Crippen LogP contribution in [0.1, 0.15) is 5.56 Å². The Bertz CT molecular complexity index is 659. The summed E-state index contributed by atoms with van der Waals surface area (Å²) >= 11 is 5.84. The van der Waals surface area contributed by atoms with Gasteiger partial charge in [-0.05, 0) is 35.9 Å². The summed E-state index contributed by atoms with van der Waals surface area (Å²) in [5.41, 5.74) is 3.84. The molecule has 21 heavy (non-hydrogen) atoms. The van der Waals surface area contributed by atoms with Crippen LogP contribution in [0.25, 0.3) is 0 Å². The van der Waals surface area contributed by atoms with Crippen molar-refractivity contribution in [2.45, 2.75) is 0 Å². The molecule has 0 atom stereocenters. The first-order valence-electron chi connectivity index (χ1n) is 6.24. The van der Waals surface area contributed by atoms with E-state index in [-0.39, 0.29) is 18.2 Å². The zero-order chi connectivity index (χ0) is 15.1. The predicted molar refractivity (Wildman–Crippen MR) is 83.8 cm³/mol. The topological polar surface area (TPSA) is 73.7 Å². The van der Waals surface area contributed by atoms with E-state index in [4.69, 9.17) is 11.6 Å². The van der Waals surface area contributed by atoms with Gasteiger partial charge in [-0.25, -0.2) is 5.43 Å². The number of amides is 1. The molecular formula is C15H14ClN3O2. The lowest BCUT2D eigenvalue weighted by Gasteiger charge is -2.05. The summed E-state index contributed by atoms with van der Waals surface area (Å²) in [5, 5.41) is 16.6. The molecule has 0 aliphatic carbocycles. The molecule has 1 amide bonds. The molecule has 6 heteroatoms. The predicted octanol–water partition coefficient (Wildman–Crippen LogP) is 2.61. The van der Waals surface area contributed by atoms with Gasteiger partial charge in [0.05, 0.1) is 12.8 Å². The van der Waals surface area contributed by atoms with Gasteiger partial charge in [-0.2, -0.15) is 5.10 Å². The van der Waals surface area contributed by atoms with Crippen molar-refractivity contribution < 1.29 is 9.90 Å². The van der Waals surface area contributed by atoms with Crippen molar-refractivity contribution in [2.24, 2.45) is 5.10 Å². The molecule has 0 bridgehead atoms. The average Bonchev–Trinajstić information content (AvgIpc) is 2.45. The van der Waals surface area contributed by atoms with Crippen LogP contribution >= 0.6 is 11.6 Å². The lowest BCUT2D eigenvalue weighted by atomic mass is 10.2. The van der Waals surface area contributed by atoms with Gasteiger partial charge < -0.3 is 10.4 Å². The van der Waals surface area contributed by atoms with Crippen molar-refractivity contribution in [3.63, 3.8) is 0 Å². The largest absolute Gasteiger partial charge is 0.508 e. The molecule has 0 saturated carbocycles. The van der Waals surface area contributed by atoms with Crippen molar-refractivity contribution >= 4 is 29.4 Å². The number of carbonyl (C=O) groups excluding carboxylic acids is 1. The Hall–Kier alpha value is -2.53. The minimum Gasteiger partial charge on any atom is -0.508 e. The molecule has 2 aromatic carbocycles. The molecular weight excluding hydrogens is 290 g/mol. The minimum atomic E-state index is -0.286. The van der Waals surface area contributed by atoms with Gasteiger partial charge in [0.1, 0.15) is 5.75 Å². The number of nitrogens with zero attached hydrogens (tertiary/aromatic N) is 1. The number of phenols is 1. The first-order valence-corrected chi connectivity index (χ1v) is 6.61. The molecule has 0 radical (unpaired) electrons. The molecule has 108 valence electrons. The van der Waals surface area contributed by atoms with Gasteiger partial charge in [0.25, 0.3) is 5.91 Å². The number of aromatic hydroxyl groups is 1. The smallest absolute Gasteiger partial charge is 0.259 e. The van der Waals surface area contributed by atoms with Crippen molar-refractivity contribution in [1.29, 1.82) is 0 Å². The zero-order valence-corrected chi connectivity index (χ0v) is 11.8. The monoisotopic (exact) mass is 303 g/mol. The maximum atomic E-state index is 11.6. The number of hydrogen-bond acceptors (Lipinski definition) is 4. The number of phenolic OH excluding ortho intramolecular Hbond substituents is 1. The van der Waals surface area contributed by atoms with Crippen molar-refractivity contribution in [1.82, 2.24) is 5.43 Å². The summed E-state index contributed by atoms with van der Waals surface area (Å²) in [7, 11) is 0. The van der Waals surface area contributed by atoms with E-state index in [0.29, 0.717) is 10.6 Å². The van der Waals surface area contributed by atoms with Gasteiger partial charge in [0, 0.05) is 10.7 Å². The van der Waals surface area contributed by atoms with Crippen LogP contribution in [0.3, 0.4) is 0 Å². The lowest BCUT2D eigenvalue weighted by Crippen LogP contribution is -2.25. The molecule has 0 unspecified atom stereocenters. The molecule has 0 aliphatic rings. The van der Waals surface area contributed by atoms with Crippen molar-refractivity contribution in [3.8, 4) is 5.75 Å². The Balaban J connectivity index is 1.80. The molecule has 2 aromatic rings. The summed E-state index contributed by atoms with van der Waals surface area (Å²) in [6.45, 7) is 0.0811. The third-order valence-corrected chi connectivity index (χ3v) is 2.79. The van der Waals surface area contributed by atoms with E-state index < -0.39 is 0 Å². The molecule has 0 saturated heterocycles. The Labute approximate surface area is 127 Å². The highest BCUT2D eigenvalue weighted by Crippen LogP contribution is 2.14. The SMILES string of the molecule is O=C(CNc1cccc(Cl)c1)N/N=C/c1cccc(O)c1. The van der Waals surface area contributed by atoms with Gasteiger partial charge in [0.15, 0.2) is 0 Å². The number of anilines is 1. The summed E-state index contributed by atoms with van der Waals surface area (Å²) in [4.78, 5) is 11.6. The molecule has 3 N–H and O–H groups in total. The van der Waals surface area contributed by atoms with E-state index in [9.17, 15) is 9.90 Å². The second kappa shape index (κ2) is 7.31. The second-order valence-electron chi connectivity index (χ2n) is 4.25. The third kappa shape index (κ3) is 5.16. The molecule has 0 aliphatic heterocycles. The van der Waals surface area contributed by atoms with Crippen molar-refractivity contribution in [2.75, 3.05) is 11.9 Å². The summed E-state index contributed by atoms with van der Waals surface area (Å²) in [5.74, 6) is -0.140. The van der Waals surface area contributed by atoms with E-state index in [1.165, 1.54) is 6.21 Å². The normalized spacial score (nSPS) is 10.5. The van der Waals surface area contributed by atoms with E-state index in [0.717, 1.165) is 5.69 Å². The molecule has 0 aromatic heterocycles. The lowest BCUT2D eigenvalue weighted by molar-refractivity contribution is -0.119. The van der Waals surface area contributed by atoms with Crippen LogP contribution in [0, 0.1) is 0 Å². The summed E-state index contributed by atoms with van der Waals surface area (Å²) in [6, 6.07) is 13.7. The quantitative estimate of drug-likeness (QED) is 0.587. The summed E-state index contributed by atoms with van der Waals surface area (Å²) in [6.07, 6.45) is 1.46. The Morgan fingerprint density at radius 3 is 2.81 bits per heavy atom. The van der Waals surface area contributed by atoms with Crippen LogP contribution in [0.2, 0.25) is 5.02 Å². The van der Waals surface area contributed by atoms with E-state index >= 15 is 0 Å². The highest BCUT2D eigenvalue weighted by molar-refractivity contribution is 6.30. The van der Waals surface area contributed by atoms with Crippen LogP contribution in [0.4, 0.5) is 5.69 Å². The number of halogens is 1. The number of nitrogens with one attached hydrogen (secondary N) is 2. The van der Waals surface area contributed by atoms with E-state index in [1.54, 1.807) is 42.5 Å². The fraction of sp³-hybridized carbons (Fsp3) is 0.0667. The first-order chi connectivity index (χ1) is 10.1. The fourth-order valence-electron chi connectivity index (χ4n) is 1.60. The van der Waals surface area contributed by atoms with Gasteiger partial charge in [-0.1, -0.05) is 29.8 Å². The van der Waals surface area contributed by atoms with Gasteiger partial charge in [-0.15, -0.1) is 0 Å². The number of hydrazone groups is 1. The number of benzene rings is 2. The third-order valence-electron chi connectivity index (χ3n) is 2.55. The maximum absolute atomic E-state index is 11.6. The highest BCUT2D eigenvalue weighted by atomic mass is 35.5. The zero-order valence-electron chi connectivity index (χ0n) is 11.1. The van der Waals surface area contributed by atoms with E-state index in [2.05, 4.69) is 15.8 Å². The molecule has 2 rings (SSSR count). The standard InChI is InChI=1S/C15H14ClN3O2/c16-12-4-2-5-13(8-12)17-10-15(21)19-18-9-11-3-1-6-14(20)7-11/h1-9,17,20H,10H2,(H,19,21)/b18-9+. The molecule has 0 fully saturated rings. The van der Waals surface area contributed by atoms with Crippen LogP contribution in [0.15, 0.2) is 53.6 Å². The molecule has 0 spiro atoms. The summed E-state index contributed by atoms with van der Waals surface area (Å²) < 4.78 is 0. The van der Waals surface area contributed by atoms with Gasteiger partial charge >= 0.3 is 0 Å². The highest BCUT2D eigenvalue weighted by Gasteiger charge is 1.99. The number of hydrogen-bond donors (Lipinski definition) is 3. The average molecular weight is 304 g/mol. The Morgan fingerprint density at radius 1 is 1.24 bits per heavy atom. The minimum absolute atomic E-state index is 0.0811.